The monoisotopic (exact) mass is 242 g/mol. The van der Waals surface area contributed by atoms with Crippen LogP contribution in [0.3, 0.4) is 0 Å². The van der Waals surface area contributed by atoms with Crippen molar-refractivity contribution in [3.05, 3.63) is 38.9 Å². The van der Waals surface area contributed by atoms with Crippen molar-refractivity contribution in [3.63, 3.8) is 0 Å². The average molecular weight is 243 g/mol. The van der Waals surface area contributed by atoms with Crippen molar-refractivity contribution >= 4 is 17.3 Å². The molecule has 1 aromatic rings. The highest BCUT2D eigenvalue weighted by atomic mass is 35.5. The van der Waals surface area contributed by atoms with Crippen LogP contribution in [0, 0.1) is 10.1 Å². The van der Waals surface area contributed by atoms with E-state index in [0.717, 1.165) is 18.7 Å². The van der Waals surface area contributed by atoms with Crippen LogP contribution in [0.1, 0.15) is 5.56 Å². The Bertz CT molecular complexity index is 407. The number of benzene rings is 1. The van der Waals surface area contributed by atoms with Crippen LogP contribution in [0.25, 0.3) is 0 Å². The van der Waals surface area contributed by atoms with E-state index in [4.69, 9.17) is 16.3 Å². The van der Waals surface area contributed by atoms with Crippen molar-refractivity contribution in [1.29, 1.82) is 0 Å². The van der Waals surface area contributed by atoms with E-state index in [1.54, 1.807) is 6.07 Å². The first-order valence-corrected chi connectivity index (χ1v) is 5.30. The van der Waals surface area contributed by atoms with E-state index in [0.29, 0.717) is 11.6 Å². The lowest BCUT2D eigenvalue weighted by molar-refractivity contribution is -0.384. The third kappa shape index (κ3) is 2.49. The standard InChI is InChI=1S/C10H11ClN2O3/c11-10-3-8(13(14)15)2-1-7(10)6-16-9-4-12-5-9/h1-3,9,12H,4-6H2. The number of hydrogen-bond acceptors (Lipinski definition) is 4. The summed E-state index contributed by atoms with van der Waals surface area (Å²) in [5.74, 6) is 0. The average Bonchev–Trinajstić information content (AvgIpc) is 2.17. The van der Waals surface area contributed by atoms with E-state index in [-0.39, 0.29) is 11.8 Å². The molecular formula is C10H11ClN2O3. The molecule has 0 unspecified atom stereocenters. The normalized spacial score (nSPS) is 15.8. The van der Waals surface area contributed by atoms with Gasteiger partial charge in [-0.3, -0.25) is 10.1 Å². The topological polar surface area (TPSA) is 64.4 Å². The zero-order valence-electron chi connectivity index (χ0n) is 8.48. The van der Waals surface area contributed by atoms with Crippen LogP contribution in [0.2, 0.25) is 5.02 Å². The Hall–Kier alpha value is -1.17. The van der Waals surface area contributed by atoms with Crippen LogP contribution in [-0.4, -0.2) is 24.1 Å². The third-order valence-electron chi connectivity index (χ3n) is 2.47. The predicted molar refractivity (Wildman–Crippen MR) is 59.6 cm³/mol. The Kier molecular flexibility index (Phi) is 3.38. The van der Waals surface area contributed by atoms with E-state index < -0.39 is 4.92 Å². The van der Waals surface area contributed by atoms with Gasteiger partial charge < -0.3 is 10.1 Å². The van der Waals surface area contributed by atoms with Crippen LogP contribution >= 0.6 is 11.6 Å². The molecule has 1 aliphatic rings. The number of nitrogens with zero attached hydrogens (tertiary/aromatic N) is 1. The highest BCUT2D eigenvalue weighted by Crippen LogP contribution is 2.23. The Morgan fingerprint density at radius 2 is 2.31 bits per heavy atom. The molecule has 0 atom stereocenters. The molecule has 1 fully saturated rings. The first-order chi connectivity index (χ1) is 7.66. The van der Waals surface area contributed by atoms with Gasteiger partial charge in [0.05, 0.1) is 22.7 Å². The number of rotatable bonds is 4. The number of halogens is 1. The maximum atomic E-state index is 10.5. The third-order valence-corrected chi connectivity index (χ3v) is 2.82. The van der Waals surface area contributed by atoms with Gasteiger partial charge in [0.1, 0.15) is 0 Å². The van der Waals surface area contributed by atoms with Gasteiger partial charge in [0.2, 0.25) is 0 Å². The largest absolute Gasteiger partial charge is 0.371 e. The van der Waals surface area contributed by atoms with Crippen molar-refractivity contribution in [2.24, 2.45) is 0 Å². The van der Waals surface area contributed by atoms with Crippen LogP contribution in [0.15, 0.2) is 18.2 Å². The molecule has 0 saturated carbocycles. The highest BCUT2D eigenvalue weighted by Gasteiger charge is 2.18. The molecule has 1 heterocycles. The van der Waals surface area contributed by atoms with Gasteiger partial charge in [0.25, 0.3) is 5.69 Å². The summed E-state index contributed by atoms with van der Waals surface area (Å²) in [6.45, 7) is 2.10. The lowest BCUT2D eigenvalue weighted by atomic mass is 10.2. The Balaban J connectivity index is 2.00. The molecule has 0 spiro atoms. The van der Waals surface area contributed by atoms with Gasteiger partial charge in [-0.25, -0.2) is 0 Å². The fraction of sp³-hybridized carbons (Fsp3) is 0.400. The zero-order chi connectivity index (χ0) is 11.5. The number of nitro groups is 1. The molecule has 0 radical (unpaired) electrons. The maximum absolute atomic E-state index is 10.5. The fourth-order valence-corrected chi connectivity index (χ4v) is 1.58. The summed E-state index contributed by atoms with van der Waals surface area (Å²) in [5, 5.41) is 14.0. The van der Waals surface area contributed by atoms with Gasteiger partial charge in [-0.15, -0.1) is 0 Å². The summed E-state index contributed by atoms with van der Waals surface area (Å²) in [4.78, 5) is 10.0. The van der Waals surface area contributed by atoms with Crippen LogP contribution in [0.4, 0.5) is 5.69 Å². The Morgan fingerprint density at radius 3 is 2.81 bits per heavy atom. The van der Waals surface area contributed by atoms with Crippen molar-refractivity contribution < 1.29 is 9.66 Å². The minimum absolute atomic E-state index is 0.000870. The van der Waals surface area contributed by atoms with Crippen molar-refractivity contribution in [2.75, 3.05) is 13.1 Å². The van der Waals surface area contributed by atoms with Crippen LogP contribution < -0.4 is 5.32 Å². The first-order valence-electron chi connectivity index (χ1n) is 4.92. The van der Waals surface area contributed by atoms with Crippen LogP contribution in [-0.2, 0) is 11.3 Å². The smallest absolute Gasteiger partial charge is 0.270 e. The molecule has 0 aliphatic carbocycles. The summed E-state index contributed by atoms with van der Waals surface area (Å²) < 4.78 is 5.53. The molecular weight excluding hydrogens is 232 g/mol. The predicted octanol–water partition coefficient (Wildman–Crippen LogP) is 1.74. The summed E-state index contributed by atoms with van der Waals surface area (Å²) in [5.41, 5.74) is 0.776. The van der Waals surface area contributed by atoms with Crippen molar-refractivity contribution in [3.8, 4) is 0 Å². The van der Waals surface area contributed by atoms with Gasteiger partial charge in [-0.2, -0.15) is 0 Å². The van der Waals surface area contributed by atoms with Gasteiger partial charge in [0.15, 0.2) is 0 Å². The molecule has 6 heteroatoms. The number of nitro benzene ring substituents is 1. The number of non-ortho nitro benzene ring substituents is 1. The second-order valence-electron chi connectivity index (χ2n) is 3.62. The van der Waals surface area contributed by atoms with Crippen LogP contribution in [0.5, 0.6) is 0 Å². The van der Waals surface area contributed by atoms with Crippen molar-refractivity contribution in [2.45, 2.75) is 12.7 Å². The number of nitrogens with one attached hydrogen (secondary N) is 1. The van der Waals surface area contributed by atoms with Gasteiger partial charge in [-0.05, 0) is 11.6 Å². The minimum atomic E-state index is -0.466. The molecule has 1 aliphatic heterocycles. The van der Waals surface area contributed by atoms with E-state index in [1.807, 2.05) is 0 Å². The SMILES string of the molecule is O=[N+]([O-])c1ccc(COC2CNC2)c(Cl)c1. The van der Waals surface area contributed by atoms with Crippen molar-refractivity contribution in [1.82, 2.24) is 5.32 Å². The summed E-state index contributed by atoms with van der Waals surface area (Å²) in [7, 11) is 0. The zero-order valence-corrected chi connectivity index (χ0v) is 9.24. The molecule has 2 rings (SSSR count). The second kappa shape index (κ2) is 4.78. The Morgan fingerprint density at radius 1 is 1.56 bits per heavy atom. The number of hydrogen-bond donors (Lipinski definition) is 1. The molecule has 0 amide bonds. The molecule has 0 bridgehead atoms. The quantitative estimate of drug-likeness (QED) is 0.645. The molecule has 1 N–H and O–H groups in total. The second-order valence-corrected chi connectivity index (χ2v) is 4.03. The molecule has 86 valence electrons. The molecule has 5 nitrogen and oxygen atoms in total. The van der Waals surface area contributed by atoms with Gasteiger partial charge >= 0.3 is 0 Å². The minimum Gasteiger partial charge on any atom is -0.371 e. The summed E-state index contributed by atoms with van der Waals surface area (Å²) in [6.07, 6.45) is 0.228. The number of ether oxygens (including phenoxy) is 1. The first kappa shape index (κ1) is 11.3. The van der Waals surface area contributed by atoms with E-state index >= 15 is 0 Å². The summed E-state index contributed by atoms with van der Waals surface area (Å²) >= 11 is 5.92. The van der Waals surface area contributed by atoms with E-state index in [2.05, 4.69) is 5.32 Å². The lowest BCUT2D eigenvalue weighted by Gasteiger charge is -2.27. The van der Waals surface area contributed by atoms with E-state index in [1.165, 1.54) is 12.1 Å². The molecule has 1 aromatic carbocycles. The molecule has 1 saturated heterocycles. The lowest BCUT2D eigenvalue weighted by Crippen LogP contribution is -2.48. The molecule has 16 heavy (non-hydrogen) atoms. The highest BCUT2D eigenvalue weighted by molar-refractivity contribution is 6.31. The van der Waals surface area contributed by atoms with Gasteiger partial charge in [0, 0.05) is 25.2 Å². The maximum Gasteiger partial charge on any atom is 0.270 e. The molecule has 0 aromatic heterocycles. The van der Waals surface area contributed by atoms with Gasteiger partial charge in [-0.1, -0.05) is 11.6 Å². The van der Waals surface area contributed by atoms with E-state index in [9.17, 15) is 10.1 Å². The summed E-state index contributed by atoms with van der Waals surface area (Å²) in [6, 6.07) is 4.41. The fourth-order valence-electron chi connectivity index (χ4n) is 1.35. The Labute approximate surface area is 97.5 Å².